The van der Waals surface area contributed by atoms with Gasteiger partial charge in [-0.25, -0.2) is 9.37 Å². The van der Waals surface area contributed by atoms with Gasteiger partial charge in [0.15, 0.2) is 5.01 Å². The first-order valence-corrected chi connectivity index (χ1v) is 10.7. The maximum absolute atomic E-state index is 14.0. The minimum atomic E-state index is -1.08. The third kappa shape index (κ3) is 5.32. The van der Waals surface area contributed by atoms with Gasteiger partial charge in [-0.3, -0.25) is 14.2 Å². The molecule has 31 heavy (non-hydrogen) atoms. The molecule has 0 saturated carbocycles. The number of hydrogen-bond donors (Lipinski definition) is 1. The number of esters is 1. The Labute approximate surface area is 189 Å². The van der Waals surface area contributed by atoms with Crippen LogP contribution >= 0.6 is 27.3 Å². The van der Waals surface area contributed by atoms with E-state index in [1.807, 2.05) is 0 Å². The van der Waals surface area contributed by atoms with Gasteiger partial charge >= 0.3 is 5.97 Å². The second-order valence-corrected chi connectivity index (χ2v) is 8.47. The Balaban J connectivity index is 1.73. The number of carbonyl (C=O) groups excluding carboxylic acids is 1. The molecule has 12 heteroatoms. The summed E-state index contributed by atoms with van der Waals surface area (Å²) < 4.78 is 25.6. The third-order valence-electron chi connectivity index (χ3n) is 4.08. The highest BCUT2D eigenvalue weighted by Crippen LogP contribution is 2.30. The van der Waals surface area contributed by atoms with Crippen LogP contribution in [0.4, 0.5) is 4.39 Å². The molecule has 0 fully saturated rings. The lowest BCUT2D eigenvalue weighted by Crippen LogP contribution is -2.39. The van der Waals surface area contributed by atoms with Crippen LogP contribution in [0.1, 0.15) is 18.9 Å². The second-order valence-electron chi connectivity index (χ2n) is 6.70. The molecule has 0 amide bonds. The summed E-state index contributed by atoms with van der Waals surface area (Å²) in [7, 11) is 0. The molecule has 0 aliphatic heterocycles. The van der Waals surface area contributed by atoms with E-state index in [2.05, 4.69) is 31.1 Å². The molecule has 2 aromatic heterocycles. The molecule has 3 aromatic rings. The molecule has 1 aromatic carbocycles. The number of aromatic nitrogens is 4. The Morgan fingerprint density at radius 3 is 2.81 bits per heavy atom. The van der Waals surface area contributed by atoms with Gasteiger partial charge in [0.25, 0.3) is 5.56 Å². The SMILES string of the molecule is CCOC(=O)Cn1cnc(OC[C@](C)(N)c2nnc(-c3ccccc3F)s2)c(Br)c1=O. The zero-order valence-electron chi connectivity index (χ0n) is 16.7. The quantitative estimate of drug-likeness (QED) is 0.457. The van der Waals surface area contributed by atoms with E-state index in [-0.39, 0.29) is 30.1 Å². The molecule has 2 N–H and O–H groups in total. The Morgan fingerprint density at radius 2 is 2.10 bits per heavy atom. The van der Waals surface area contributed by atoms with Gasteiger partial charge in [0.1, 0.15) is 40.3 Å². The van der Waals surface area contributed by atoms with E-state index in [1.54, 1.807) is 32.0 Å². The van der Waals surface area contributed by atoms with Gasteiger partial charge < -0.3 is 15.2 Å². The van der Waals surface area contributed by atoms with Crippen LogP contribution in [0.2, 0.25) is 0 Å². The molecule has 3 rings (SSSR count). The van der Waals surface area contributed by atoms with Gasteiger partial charge in [-0.1, -0.05) is 23.5 Å². The summed E-state index contributed by atoms with van der Waals surface area (Å²) in [4.78, 5) is 28.1. The van der Waals surface area contributed by atoms with E-state index in [9.17, 15) is 14.0 Å². The van der Waals surface area contributed by atoms with Crippen LogP contribution in [0.15, 0.2) is 39.9 Å². The van der Waals surface area contributed by atoms with Crippen LogP contribution in [0.5, 0.6) is 5.88 Å². The number of hydrogen-bond acceptors (Lipinski definition) is 9. The minimum Gasteiger partial charge on any atom is -0.474 e. The lowest BCUT2D eigenvalue weighted by atomic mass is 10.1. The largest absolute Gasteiger partial charge is 0.474 e. The van der Waals surface area contributed by atoms with Gasteiger partial charge in [-0.05, 0) is 41.9 Å². The highest BCUT2D eigenvalue weighted by Gasteiger charge is 2.29. The molecule has 0 aliphatic rings. The third-order valence-corrected chi connectivity index (χ3v) is 6.00. The average molecular weight is 512 g/mol. The molecular formula is C19H19BrFN5O4S. The predicted octanol–water partition coefficient (Wildman–Crippen LogP) is 2.48. The van der Waals surface area contributed by atoms with Crippen molar-refractivity contribution in [3.05, 3.63) is 56.2 Å². The molecule has 0 unspecified atom stereocenters. The summed E-state index contributed by atoms with van der Waals surface area (Å²) in [6, 6.07) is 6.25. The molecule has 2 heterocycles. The van der Waals surface area contributed by atoms with Gasteiger partial charge in [0, 0.05) is 5.56 Å². The number of carbonyl (C=O) groups is 1. The van der Waals surface area contributed by atoms with Gasteiger partial charge in [-0.15, -0.1) is 10.2 Å². The molecule has 9 nitrogen and oxygen atoms in total. The van der Waals surface area contributed by atoms with Crippen molar-refractivity contribution >= 4 is 33.2 Å². The summed E-state index contributed by atoms with van der Waals surface area (Å²) in [5, 5.41) is 8.92. The highest BCUT2D eigenvalue weighted by molar-refractivity contribution is 9.10. The van der Waals surface area contributed by atoms with E-state index in [1.165, 1.54) is 12.4 Å². The van der Waals surface area contributed by atoms with E-state index in [0.29, 0.717) is 15.6 Å². The first-order valence-electron chi connectivity index (χ1n) is 9.14. The van der Waals surface area contributed by atoms with Gasteiger partial charge in [0.05, 0.1) is 6.61 Å². The van der Waals surface area contributed by atoms with Crippen molar-refractivity contribution in [1.29, 1.82) is 0 Å². The van der Waals surface area contributed by atoms with Crippen molar-refractivity contribution in [3.63, 3.8) is 0 Å². The molecular weight excluding hydrogens is 493 g/mol. The number of nitrogens with two attached hydrogens (primary N) is 1. The van der Waals surface area contributed by atoms with E-state index in [0.717, 1.165) is 15.9 Å². The number of rotatable bonds is 8. The maximum atomic E-state index is 14.0. The Morgan fingerprint density at radius 1 is 1.35 bits per heavy atom. The van der Waals surface area contributed by atoms with Gasteiger partial charge in [0.2, 0.25) is 5.88 Å². The van der Waals surface area contributed by atoms with Crippen molar-refractivity contribution in [1.82, 2.24) is 19.7 Å². The molecule has 0 aliphatic carbocycles. The fraction of sp³-hybridized carbons (Fsp3) is 0.316. The van der Waals surface area contributed by atoms with Crippen molar-refractivity contribution in [3.8, 4) is 16.5 Å². The van der Waals surface area contributed by atoms with Crippen molar-refractivity contribution in [2.45, 2.75) is 25.9 Å². The summed E-state index contributed by atoms with van der Waals surface area (Å²) in [5.41, 5.74) is 5.08. The first kappa shape index (κ1) is 23.0. The molecule has 1 atom stereocenters. The average Bonchev–Trinajstić information content (AvgIpc) is 3.22. The van der Waals surface area contributed by atoms with E-state index in [4.69, 9.17) is 15.2 Å². The Hall–Kier alpha value is -2.70. The predicted molar refractivity (Wildman–Crippen MR) is 115 cm³/mol. The molecule has 0 bridgehead atoms. The van der Waals surface area contributed by atoms with Crippen LogP contribution in [0, 0.1) is 5.82 Å². The second kappa shape index (κ2) is 9.62. The van der Waals surface area contributed by atoms with E-state index < -0.39 is 22.9 Å². The smallest absolute Gasteiger partial charge is 0.326 e. The van der Waals surface area contributed by atoms with Crippen molar-refractivity contribution in [2.75, 3.05) is 13.2 Å². The topological polar surface area (TPSA) is 122 Å². The zero-order chi connectivity index (χ0) is 22.6. The number of halogens is 2. The van der Waals surface area contributed by atoms with E-state index >= 15 is 0 Å². The van der Waals surface area contributed by atoms with Gasteiger partial charge in [-0.2, -0.15) is 0 Å². The summed E-state index contributed by atoms with van der Waals surface area (Å²) in [5.74, 6) is -0.944. The fourth-order valence-electron chi connectivity index (χ4n) is 2.49. The number of nitrogens with zero attached hydrogens (tertiary/aromatic N) is 4. The van der Waals surface area contributed by atoms with Crippen LogP contribution in [-0.4, -0.2) is 38.9 Å². The molecule has 164 valence electrons. The minimum absolute atomic E-state index is 0.0145. The van der Waals surface area contributed by atoms with Crippen molar-refractivity contribution in [2.24, 2.45) is 5.73 Å². The molecule has 0 spiro atoms. The lowest BCUT2D eigenvalue weighted by Gasteiger charge is -2.21. The first-order chi connectivity index (χ1) is 14.7. The van der Waals surface area contributed by atoms with Crippen LogP contribution < -0.4 is 16.0 Å². The summed E-state index contributed by atoms with van der Waals surface area (Å²) >= 11 is 4.29. The summed E-state index contributed by atoms with van der Waals surface area (Å²) in [6.45, 7) is 3.21. The van der Waals surface area contributed by atoms with Crippen LogP contribution in [0.3, 0.4) is 0 Å². The Bertz CT molecular complexity index is 1150. The van der Waals surface area contributed by atoms with Crippen molar-refractivity contribution < 1.29 is 18.7 Å². The maximum Gasteiger partial charge on any atom is 0.326 e. The fourth-order valence-corrected chi connectivity index (χ4v) is 3.84. The monoisotopic (exact) mass is 511 g/mol. The van der Waals surface area contributed by atoms with Crippen LogP contribution in [-0.2, 0) is 21.6 Å². The molecule has 0 radical (unpaired) electrons. The highest BCUT2D eigenvalue weighted by atomic mass is 79.9. The van der Waals surface area contributed by atoms with Crippen LogP contribution in [0.25, 0.3) is 10.6 Å². The normalized spacial score (nSPS) is 12.9. The molecule has 0 saturated heterocycles. The summed E-state index contributed by atoms with van der Waals surface area (Å²) in [6.07, 6.45) is 1.19. The number of benzene rings is 1. The standard InChI is InChI=1S/C19H19BrFN5O4S/c1-3-29-13(27)8-26-10-23-15(14(20)17(26)28)30-9-19(2,22)18-25-24-16(31-18)11-6-4-5-7-12(11)21/h4-7,10H,3,8-9,22H2,1-2H3/t19-/m0/s1. The lowest BCUT2D eigenvalue weighted by molar-refractivity contribution is -0.143. The number of ether oxygens (including phenoxy) is 2. The zero-order valence-corrected chi connectivity index (χ0v) is 19.1. The Kier molecular flexibility index (Phi) is 7.13.